The highest BCUT2D eigenvalue weighted by Crippen LogP contribution is 1.91. The predicted molar refractivity (Wildman–Crippen MR) is 41.3 cm³/mol. The Morgan fingerprint density at radius 3 is 2.56 bits per heavy atom. The summed E-state index contributed by atoms with van der Waals surface area (Å²) in [5.74, 6) is 0.584. The molecular weight excluding hydrogens is 136 g/mol. The summed E-state index contributed by atoms with van der Waals surface area (Å²) in [7, 11) is 3.86. The molecule has 0 heterocycles. The highest BCUT2D eigenvalue weighted by molar-refractivity contribution is 6.19. The Morgan fingerprint density at radius 1 is 1.67 bits per heavy atom. The second kappa shape index (κ2) is 4.65. The second-order valence-electron chi connectivity index (χ2n) is 2.15. The maximum atomic E-state index is 5.51. The first-order chi connectivity index (χ1) is 4.16. The van der Waals surface area contributed by atoms with Crippen LogP contribution in [0.2, 0.25) is 0 Å². The highest BCUT2D eigenvalue weighted by Gasteiger charge is 1.83. The molecule has 0 aliphatic rings. The van der Waals surface area contributed by atoms with E-state index in [-0.39, 0.29) is 0 Å². The molecule has 2 nitrogen and oxygen atoms in total. The van der Waals surface area contributed by atoms with Gasteiger partial charge >= 0.3 is 0 Å². The van der Waals surface area contributed by atoms with Crippen molar-refractivity contribution in [1.29, 1.82) is 0 Å². The molecule has 0 aromatic rings. The molecule has 9 heavy (non-hydrogen) atoms. The van der Waals surface area contributed by atoms with Crippen LogP contribution in [0.1, 0.15) is 6.92 Å². The monoisotopic (exact) mass is 148 g/mol. The van der Waals surface area contributed by atoms with Gasteiger partial charge in [0.1, 0.15) is 0 Å². The molecule has 0 saturated heterocycles. The van der Waals surface area contributed by atoms with E-state index in [1.54, 1.807) is 0 Å². The fraction of sp³-hybridized carbons (Fsp3) is 0.667. The van der Waals surface area contributed by atoms with Crippen LogP contribution in [0.3, 0.4) is 0 Å². The van der Waals surface area contributed by atoms with E-state index in [0.717, 1.165) is 5.57 Å². The molecule has 3 heteroatoms. The smallest absolute Gasteiger partial charge is 0.0448 e. The average Bonchev–Trinajstić information content (AvgIpc) is 1.83. The fourth-order valence-electron chi connectivity index (χ4n) is 0.278. The number of alkyl halides is 1. The molecule has 0 aliphatic heterocycles. The number of rotatable bonds is 3. The van der Waals surface area contributed by atoms with E-state index in [4.69, 9.17) is 11.6 Å². The topological polar surface area (TPSA) is 15.3 Å². The molecule has 0 bridgehead atoms. The molecule has 54 valence electrons. The molecule has 0 fully saturated rings. The van der Waals surface area contributed by atoms with Crippen molar-refractivity contribution in [2.75, 3.05) is 20.0 Å². The molecule has 0 atom stereocenters. The van der Waals surface area contributed by atoms with Crippen LogP contribution in [0.5, 0.6) is 0 Å². The largest absolute Gasteiger partial charge is 0.327 e. The van der Waals surface area contributed by atoms with Gasteiger partial charge in [0.15, 0.2) is 0 Å². The summed E-state index contributed by atoms with van der Waals surface area (Å²) >= 11 is 5.51. The second-order valence-corrected chi connectivity index (χ2v) is 2.42. The summed E-state index contributed by atoms with van der Waals surface area (Å²) in [6.07, 6.45) is 1.88. The van der Waals surface area contributed by atoms with Gasteiger partial charge in [-0.2, -0.15) is 0 Å². The number of hydrazine groups is 1. The molecule has 1 N–H and O–H groups in total. The molecular formula is C6H13ClN2. The Balaban J connectivity index is 3.43. The number of hydrogen-bond donors (Lipinski definition) is 1. The molecule has 0 rings (SSSR count). The summed E-state index contributed by atoms with van der Waals surface area (Å²) in [6, 6.07) is 0. The van der Waals surface area contributed by atoms with Crippen LogP contribution in [0, 0.1) is 0 Å². The number of halogens is 1. The van der Waals surface area contributed by atoms with Gasteiger partial charge in [-0.25, -0.2) is 5.01 Å². The lowest BCUT2D eigenvalue weighted by Gasteiger charge is -2.08. The van der Waals surface area contributed by atoms with Crippen LogP contribution in [-0.2, 0) is 0 Å². The van der Waals surface area contributed by atoms with E-state index in [9.17, 15) is 0 Å². The average molecular weight is 149 g/mol. The maximum Gasteiger partial charge on any atom is 0.0448 e. The first-order valence-electron chi connectivity index (χ1n) is 2.82. The van der Waals surface area contributed by atoms with E-state index in [0.29, 0.717) is 5.88 Å². The van der Waals surface area contributed by atoms with Gasteiger partial charge in [-0.05, 0) is 12.5 Å². The van der Waals surface area contributed by atoms with Crippen LogP contribution in [0.25, 0.3) is 0 Å². The van der Waals surface area contributed by atoms with Crippen molar-refractivity contribution in [2.24, 2.45) is 0 Å². The zero-order valence-electron chi connectivity index (χ0n) is 6.11. The quantitative estimate of drug-likeness (QED) is 0.478. The Bertz CT molecular complexity index is 99.2. The van der Waals surface area contributed by atoms with Crippen LogP contribution >= 0.6 is 11.6 Å². The third-order valence-corrected chi connectivity index (χ3v) is 1.20. The SMILES string of the molecule is C/C(=C\NN(C)C)CCl. The molecule has 0 aromatic heterocycles. The number of nitrogens with zero attached hydrogens (tertiary/aromatic N) is 1. The van der Waals surface area contributed by atoms with Crippen LogP contribution < -0.4 is 5.43 Å². The van der Waals surface area contributed by atoms with E-state index < -0.39 is 0 Å². The molecule has 0 saturated carbocycles. The summed E-state index contributed by atoms with van der Waals surface area (Å²) < 4.78 is 0. The maximum absolute atomic E-state index is 5.51. The van der Waals surface area contributed by atoms with Gasteiger partial charge in [0.25, 0.3) is 0 Å². The van der Waals surface area contributed by atoms with E-state index >= 15 is 0 Å². The molecule has 0 aliphatic carbocycles. The van der Waals surface area contributed by atoms with Gasteiger partial charge in [-0.15, -0.1) is 11.6 Å². The van der Waals surface area contributed by atoms with Gasteiger partial charge < -0.3 is 5.43 Å². The van der Waals surface area contributed by atoms with Crippen molar-refractivity contribution in [1.82, 2.24) is 10.4 Å². The normalized spacial score (nSPS) is 12.3. The zero-order chi connectivity index (χ0) is 7.28. The lowest BCUT2D eigenvalue weighted by atomic mass is 10.4. The van der Waals surface area contributed by atoms with E-state index in [1.165, 1.54) is 0 Å². The Morgan fingerprint density at radius 2 is 2.22 bits per heavy atom. The summed E-state index contributed by atoms with van der Waals surface area (Å²) in [6.45, 7) is 1.98. The number of allylic oxidation sites excluding steroid dienone is 1. The highest BCUT2D eigenvalue weighted by atomic mass is 35.5. The van der Waals surface area contributed by atoms with E-state index in [1.807, 2.05) is 32.2 Å². The molecule has 0 radical (unpaired) electrons. The van der Waals surface area contributed by atoms with Crippen molar-refractivity contribution >= 4 is 11.6 Å². The van der Waals surface area contributed by atoms with Crippen molar-refractivity contribution in [3.63, 3.8) is 0 Å². The summed E-state index contributed by atoms with van der Waals surface area (Å²) in [5.41, 5.74) is 4.11. The summed E-state index contributed by atoms with van der Waals surface area (Å²) in [4.78, 5) is 0. The Hall–Kier alpha value is -0.210. The van der Waals surface area contributed by atoms with Crippen LogP contribution in [0.4, 0.5) is 0 Å². The van der Waals surface area contributed by atoms with Gasteiger partial charge in [0.05, 0.1) is 0 Å². The van der Waals surface area contributed by atoms with Gasteiger partial charge in [-0.1, -0.05) is 0 Å². The Kier molecular flexibility index (Phi) is 4.54. The standard InChI is InChI=1S/C6H13ClN2/c1-6(4-7)5-8-9(2)3/h5,8H,4H2,1-3H3/b6-5+. The van der Waals surface area contributed by atoms with Gasteiger partial charge in [0.2, 0.25) is 0 Å². The number of nitrogens with one attached hydrogen (secondary N) is 1. The predicted octanol–water partition coefficient (Wildman–Crippen LogP) is 1.20. The third-order valence-electron chi connectivity index (χ3n) is 0.780. The molecule has 0 unspecified atom stereocenters. The van der Waals surface area contributed by atoms with Gasteiger partial charge in [-0.3, -0.25) is 0 Å². The van der Waals surface area contributed by atoms with Gasteiger partial charge in [0, 0.05) is 26.2 Å². The van der Waals surface area contributed by atoms with Crippen molar-refractivity contribution in [2.45, 2.75) is 6.92 Å². The fourth-order valence-corrected chi connectivity index (χ4v) is 0.355. The molecule has 0 aromatic carbocycles. The minimum absolute atomic E-state index is 0.584. The van der Waals surface area contributed by atoms with Crippen LogP contribution in [-0.4, -0.2) is 25.0 Å². The van der Waals surface area contributed by atoms with Crippen LogP contribution in [0.15, 0.2) is 11.8 Å². The zero-order valence-corrected chi connectivity index (χ0v) is 6.87. The van der Waals surface area contributed by atoms with E-state index in [2.05, 4.69) is 5.43 Å². The van der Waals surface area contributed by atoms with Crippen molar-refractivity contribution in [3.05, 3.63) is 11.8 Å². The molecule has 0 spiro atoms. The lowest BCUT2D eigenvalue weighted by Crippen LogP contribution is -2.25. The Labute approximate surface area is 61.5 Å². The molecule has 0 amide bonds. The number of hydrogen-bond acceptors (Lipinski definition) is 2. The third kappa shape index (κ3) is 5.66. The summed E-state index contributed by atoms with van der Waals surface area (Å²) in [5, 5.41) is 1.86. The minimum atomic E-state index is 0.584. The van der Waals surface area contributed by atoms with Crippen molar-refractivity contribution < 1.29 is 0 Å². The first-order valence-corrected chi connectivity index (χ1v) is 3.35. The first kappa shape index (κ1) is 8.79. The minimum Gasteiger partial charge on any atom is -0.327 e. The van der Waals surface area contributed by atoms with Crippen molar-refractivity contribution in [3.8, 4) is 0 Å². The lowest BCUT2D eigenvalue weighted by molar-refractivity contribution is 0.341.